The van der Waals surface area contributed by atoms with Gasteiger partial charge in [-0.25, -0.2) is 0 Å². The van der Waals surface area contributed by atoms with Crippen LogP contribution in [0.5, 0.6) is 23.0 Å². The lowest BCUT2D eigenvalue weighted by atomic mass is 9.84. The molecule has 0 aromatic heterocycles. The van der Waals surface area contributed by atoms with Gasteiger partial charge in [0, 0.05) is 12.5 Å². The third-order valence-corrected chi connectivity index (χ3v) is 4.77. The number of hydrogen-bond donors (Lipinski definition) is 4. The predicted octanol–water partition coefficient (Wildman–Crippen LogP) is 2.35. The first kappa shape index (κ1) is 17.4. The molecule has 1 fully saturated rings. The number of ether oxygens (including phenoxy) is 2. The van der Waals surface area contributed by atoms with E-state index in [0.717, 1.165) is 11.1 Å². The molecule has 0 spiro atoms. The largest absolute Gasteiger partial charge is 0.504 e. The molecule has 3 atom stereocenters. The normalized spacial score (nSPS) is 22.9. The van der Waals surface area contributed by atoms with Crippen molar-refractivity contribution in [2.45, 2.75) is 12.5 Å². The van der Waals surface area contributed by atoms with Crippen LogP contribution in [0.15, 0.2) is 36.4 Å². The van der Waals surface area contributed by atoms with Crippen LogP contribution in [0.4, 0.5) is 0 Å². The molecule has 134 valence electrons. The number of phenolic OH excluding ortho intramolecular Hbond substituents is 3. The van der Waals surface area contributed by atoms with E-state index in [0.29, 0.717) is 18.8 Å². The molecule has 1 saturated heterocycles. The Morgan fingerprint density at radius 2 is 1.80 bits per heavy atom. The number of rotatable bonds is 5. The number of benzene rings is 2. The minimum absolute atomic E-state index is 0.0494. The van der Waals surface area contributed by atoms with Crippen LogP contribution < -0.4 is 4.74 Å². The van der Waals surface area contributed by atoms with Gasteiger partial charge in [-0.1, -0.05) is 12.1 Å². The smallest absolute Gasteiger partial charge is 0.160 e. The van der Waals surface area contributed by atoms with Gasteiger partial charge in [0.25, 0.3) is 0 Å². The fourth-order valence-electron chi connectivity index (χ4n) is 3.39. The van der Waals surface area contributed by atoms with E-state index in [9.17, 15) is 20.4 Å². The van der Waals surface area contributed by atoms with E-state index in [2.05, 4.69) is 0 Å². The van der Waals surface area contributed by atoms with Crippen molar-refractivity contribution >= 4 is 0 Å². The van der Waals surface area contributed by atoms with Crippen LogP contribution in [0.2, 0.25) is 0 Å². The molecule has 0 radical (unpaired) electrons. The molecule has 1 aliphatic heterocycles. The first-order valence-corrected chi connectivity index (χ1v) is 8.13. The molecular formula is C19H22O6. The summed E-state index contributed by atoms with van der Waals surface area (Å²) in [6, 6.07) is 9.77. The van der Waals surface area contributed by atoms with E-state index >= 15 is 0 Å². The first-order valence-electron chi connectivity index (χ1n) is 8.13. The average Bonchev–Trinajstić information content (AvgIpc) is 3.01. The van der Waals surface area contributed by atoms with Crippen LogP contribution >= 0.6 is 0 Å². The van der Waals surface area contributed by atoms with Gasteiger partial charge >= 0.3 is 0 Å². The summed E-state index contributed by atoms with van der Waals surface area (Å²) in [6.45, 7) is 0.424. The van der Waals surface area contributed by atoms with E-state index in [1.165, 1.54) is 19.2 Å². The summed E-state index contributed by atoms with van der Waals surface area (Å²) in [5, 5.41) is 38.7. The summed E-state index contributed by atoms with van der Waals surface area (Å²) >= 11 is 0. The van der Waals surface area contributed by atoms with E-state index < -0.39 is 0 Å². The zero-order valence-corrected chi connectivity index (χ0v) is 13.9. The Hall–Kier alpha value is -2.44. The maximum atomic E-state index is 9.86. The molecule has 0 unspecified atom stereocenters. The van der Waals surface area contributed by atoms with Gasteiger partial charge in [-0.2, -0.15) is 0 Å². The van der Waals surface area contributed by atoms with Gasteiger partial charge in [0.2, 0.25) is 0 Å². The lowest BCUT2D eigenvalue weighted by molar-refractivity contribution is 0.0717. The molecule has 3 rings (SSSR count). The minimum Gasteiger partial charge on any atom is -0.504 e. The van der Waals surface area contributed by atoms with Crippen LogP contribution in [0.25, 0.3) is 0 Å². The lowest BCUT2D eigenvalue weighted by Crippen LogP contribution is -2.21. The summed E-state index contributed by atoms with van der Waals surface area (Å²) in [5.41, 5.74) is 1.70. The zero-order valence-electron chi connectivity index (χ0n) is 13.9. The summed E-state index contributed by atoms with van der Waals surface area (Å²) < 4.78 is 11.0. The number of aliphatic hydroxyl groups excluding tert-OH is 1. The minimum atomic E-state index is -0.347. The monoisotopic (exact) mass is 346 g/mol. The van der Waals surface area contributed by atoms with E-state index in [1.807, 2.05) is 6.07 Å². The Morgan fingerprint density at radius 1 is 1.04 bits per heavy atom. The van der Waals surface area contributed by atoms with Crippen molar-refractivity contribution in [1.82, 2.24) is 0 Å². The van der Waals surface area contributed by atoms with Crippen molar-refractivity contribution in [2.75, 3.05) is 20.3 Å². The van der Waals surface area contributed by atoms with Crippen LogP contribution in [0, 0.1) is 11.8 Å². The van der Waals surface area contributed by atoms with Gasteiger partial charge in [0.15, 0.2) is 23.0 Å². The molecule has 6 nitrogen and oxygen atoms in total. The highest BCUT2D eigenvalue weighted by molar-refractivity contribution is 5.43. The van der Waals surface area contributed by atoms with Crippen molar-refractivity contribution in [1.29, 1.82) is 0 Å². The van der Waals surface area contributed by atoms with Crippen molar-refractivity contribution in [3.63, 3.8) is 0 Å². The molecule has 1 heterocycles. The van der Waals surface area contributed by atoms with Gasteiger partial charge in [0.1, 0.15) is 0 Å². The van der Waals surface area contributed by atoms with Crippen molar-refractivity contribution < 1.29 is 29.9 Å². The molecule has 0 amide bonds. The molecule has 2 aromatic carbocycles. The number of aliphatic hydroxyl groups is 1. The quantitative estimate of drug-likeness (QED) is 0.620. The Labute approximate surface area is 145 Å². The average molecular weight is 346 g/mol. The van der Waals surface area contributed by atoms with E-state index in [1.54, 1.807) is 18.2 Å². The molecule has 4 N–H and O–H groups in total. The van der Waals surface area contributed by atoms with Crippen molar-refractivity contribution in [3.8, 4) is 23.0 Å². The summed E-state index contributed by atoms with van der Waals surface area (Å²) in [7, 11) is 1.50. The molecule has 6 heteroatoms. The van der Waals surface area contributed by atoms with Crippen molar-refractivity contribution in [3.05, 3.63) is 47.5 Å². The number of hydrogen-bond acceptors (Lipinski definition) is 6. The molecule has 0 aliphatic carbocycles. The first-order chi connectivity index (χ1) is 12.0. The fourth-order valence-corrected chi connectivity index (χ4v) is 3.39. The van der Waals surface area contributed by atoms with E-state index in [-0.39, 0.29) is 41.8 Å². The number of methoxy groups -OCH3 is 1. The van der Waals surface area contributed by atoms with Gasteiger partial charge in [-0.15, -0.1) is 0 Å². The van der Waals surface area contributed by atoms with Crippen LogP contribution in [-0.4, -0.2) is 40.7 Å². The maximum Gasteiger partial charge on any atom is 0.160 e. The maximum absolute atomic E-state index is 9.86. The van der Waals surface area contributed by atoms with Gasteiger partial charge in [-0.05, 0) is 47.7 Å². The number of phenols is 3. The highest BCUT2D eigenvalue weighted by Gasteiger charge is 2.38. The highest BCUT2D eigenvalue weighted by atomic mass is 16.5. The van der Waals surface area contributed by atoms with E-state index in [4.69, 9.17) is 9.47 Å². The predicted molar refractivity (Wildman–Crippen MR) is 90.9 cm³/mol. The summed E-state index contributed by atoms with van der Waals surface area (Å²) in [6.07, 6.45) is 0.322. The summed E-state index contributed by atoms with van der Waals surface area (Å²) in [5.74, 6) is 0.0607. The van der Waals surface area contributed by atoms with Crippen molar-refractivity contribution in [2.24, 2.45) is 11.8 Å². The lowest BCUT2D eigenvalue weighted by Gasteiger charge is -2.21. The van der Waals surface area contributed by atoms with Gasteiger partial charge < -0.3 is 29.9 Å². The second-order valence-electron chi connectivity index (χ2n) is 6.32. The second-order valence-corrected chi connectivity index (χ2v) is 6.32. The zero-order chi connectivity index (χ0) is 18.0. The molecule has 2 aromatic rings. The second kappa shape index (κ2) is 7.21. The summed E-state index contributed by atoms with van der Waals surface area (Å²) in [4.78, 5) is 0. The molecule has 25 heavy (non-hydrogen) atoms. The molecule has 0 saturated carbocycles. The Bertz CT molecular complexity index is 745. The Morgan fingerprint density at radius 3 is 2.48 bits per heavy atom. The highest BCUT2D eigenvalue weighted by Crippen LogP contribution is 2.42. The fraction of sp³-hybridized carbons (Fsp3) is 0.368. The van der Waals surface area contributed by atoms with Crippen LogP contribution in [-0.2, 0) is 11.2 Å². The van der Waals surface area contributed by atoms with Gasteiger partial charge in [-0.3, -0.25) is 0 Å². The van der Waals surface area contributed by atoms with Gasteiger partial charge in [0.05, 0.1) is 19.8 Å². The Balaban J connectivity index is 1.78. The topological polar surface area (TPSA) is 99.4 Å². The number of aromatic hydroxyl groups is 3. The third-order valence-electron chi connectivity index (χ3n) is 4.77. The standard InChI is InChI=1S/C19H22O6/c1-24-18-7-11(2-4-16(18)22)6-13-10-25-19(14(13)9-20)12-3-5-15(21)17(23)8-12/h2-5,7-8,13-14,19-23H,6,9-10H2,1H3/t13-,14-,19+/m0/s1. The van der Waals surface area contributed by atoms with Crippen LogP contribution in [0.3, 0.4) is 0 Å². The Kier molecular flexibility index (Phi) is 5.01. The molecular weight excluding hydrogens is 324 g/mol. The third kappa shape index (κ3) is 3.50. The molecule has 0 bridgehead atoms. The SMILES string of the molecule is COc1cc(C[C@H]2CO[C@H](c3ccc(O)c(O)c3)[C@H]2CO)ccc1O. The molecule has 1 aliphatic rings. The van der Waals surface area contributed by atoms with Crippen LogP contribution in [0.1, 0.15) is 17.2 Å².